The molecule has 0 unspecified atom stereocenters. The maximum Gasteiger partial charge on any atom is 0.306 e. The highest BCUT2D eigenvalue weighted by Crippen LogP contribution is 2.14. The number of aliphatic hydroxyl groups excluding tert-OH is 2. The Morgan fingerprint density at radius 2 is 0.936 bits per heavy atom. The third-order valence-corrected chi connectivity index (χ3v) is 8.18. The highest BCUT2D eigenvalue weighted by molar-refractivity contribution is 5.70. The predicted molar refractivity (Wildman–Crippen MR) is 197 cm³/mol. The van der Waals surface area contributed by atoms with Crippen LogP contribution in [0.4, 0.5) is 0 Å². The first-order valence-electron chi connectivity index (χ1n) is 19.3. The van der Waals surface area contributed by atoms with E-state index in [1.165, 1.54) is 77.0 Å². The second kappa shape index (κ2) is 38.3. The minimum atomic E-state index is -0.805. The molecule has 6 nitrogen and oxygen atoms in total. The average Bonchev–Trinajstić information content (AvgIpc) is 3.07. The number of hydrogen-bond acceptors (Lipinski definition) is 6. The van der Waals surface area contributed by atoms with Crippen LogP contribution < -0.4 is 0 Å². The van der Waals surface area contributed by atoms with Gasteiger partial charge >= 0.3 is 11.9 Å². The molecule has 0 heterocycles. The Kier molecular flexibility index (Phi) is 36.5. The minimum Gasteiger partial charge on any atom is -0.462 e. The molecule has 0 aliphatic heterocycles. The molecule has 0 saturated heterocycles. The van der Waals surface area contributed by atoms with E-state index in [1.54, 1.807) is 0 Å². The van der Waals surface area contributed by atoms with Gasteiger partial charge in [-0.05, 0) is 57.8 Å². The molecule has 1 atom stereocenters. The second-order valence-corrected chi connectivity index (χ2v) is 12.7. The topological polar surface area (TPSA) is 93.1 Å². The highest BCUT2D eigenvalue weighted by atomic mass is 16.6. The van der Waals surface area contributed by atoms with Crippen LogP contribution in [0.5, 0.6) is 0 Å². The normalized spacial score (nSPS) is 12.7. The van der Waals surface area contributed by atoms with Crippen LogP contribution in [-0.4, -0.2) is 48.1 Å². The molecule has 0 aromatic carbocycles. The summed E-state index contributed by atoms with van der Waals surface area (Å²) in [5.74, 6) is -0.669. The zero-order chi connectivity index (χ0) is 34.3. The fraction of sp³-hybridized carbons (Fsp3) is 0.756. The lowest BCUT2D eigenvalue weighted by atomic mass is 10.0. The van der Waals surface area contributed by atoms with Crippen molar-refractivity contribution in [3.63, 3.8) is 0 Å². The molecule has 0 aliphatic carbocycles. The number of allylic oxidation sites excluding steroid dienone is 8. The van der Waals surface area contributed by atoms with Crippen LogP contribution in [0.15, 0.2) is 48.6 Å². The van der Waals surface area contributed by atoms with Crippen molar-refractivity contribution >= 4 is 11.9 Å². The van der Waals surface area contributed by atoms with Gasteiger partial charge in [-0.2, -0.15) is 0 Å². The molecule has 0 spiro atoms. The zero-order valence-electron chi connectivity index (χ0n) is 30.2. The lowest BCUT2D eigenvalue weighted by Gasteiger charge is -2.15. The van der Waals surface area contributed by atoms with Gasteiger partial charge < -0.3 is 19.7 Å². The van der Waals surface area contributed by atoms with E-state index >= 15 is 0 Å². The lowest BCUT2D eigenvalue weighted by Crippen LogP contribution is -2.28. The summed E-state index contributed by atoms with van der Waals surface area (Å²) in [5, 5.41) is 18.3. The number of carbonyl (C=O) groups excluding carboxylic acids is 2. The van der Waals surface area contributed by atoms with E-state index in [1.807, 2.05) is 0 Å². The first-order chi connectivity index (χ1) is 23.1. The third-order valence-electron chi connectivity index (χ3n) is 8.18. The Morgan fingerprint density at radius 3 is 1.43 bits per heavy atom. The molecule has 6 heteroatoms. The van der Waals surface area contributed by atoms with Gasteiger partial charge in [-0.3, -0.25) is 9.59 Å². The van der Waals surface area contributed by atoms with Crippen molar-refractivity contribution in [3.8, 4) is 0 Å². The first kappa shape index (κ1) is 44.8. The molecule has 0 aliphatic rings. The van der Waals surface area contributed by atoms with Crippen LogP contribution in [0.2, 0.25) is 0 Å². The van der Waals surface area contributed by atoms with Crippen molar-refractivity contribution in [1.29, 1.82) is 0 Å². The summed E-state index contributed by atoms with van der Waals surface area (Å²) in [6.45, 7) is 2.11. The number of unbranched alkanes of at least 4 members (excludes halogenated alkanes) is 18. The summed E-state index contributed by atoms with van der Waals surface area (Å²) in [4.78, 5) is 24.2. The van der Waals surface area contributed by atoms with Crippen LogP contribution in [0.1, 0.15) is 174 Å². The van der Waals surface area contributed by atoms with Crippen LogP contribution in [0.3, 0.4) is 0 Å². The maximum absolute atomic E-state index is 12.1. The van der Waals surface area contributed by atoms with E-state index in [0.717, 1.165) is 70.6 Å². The van der Waals surface area contributed by atoms with Gasteiger partial charge in [0.15, 0.2) is 6.10 Å². The number of esters is 2. The van der Waals surface area contributed by atoms with Gasteiger partial charge in [-0.15, -0.1) is 0 Å². The number of carbonyl (C=O) groups is 2. The van der Waals surface area contributed by atoms with Crippen molar-refractivity contribution in [2.24, 2.45) is 0 Å². The number of aliphatic hydroxyl groups is 2. The fourth-order valence-electron chi connectivity index (χ4n) is 5.23. The Balaban J connectivity index is 3.66. The standard InChI is InChI=1S/C41H72O6/c1-2-3-4-5-6-7-8-9-13-16-19-22-25-28-31-34-40(44)46-38-39(37-43)47-41(45)35-32-29-26-23-20-17-14-11-10-12-15-18-21-24-27-30-33-36-42/h10,12,14,17-18,21,23,26,39,42-43H,2-9,11,13,15-16,19-20,22,24-25,27-38H2,1H3/b12-10-,17-14-,21-18-,26-23-/t39-/m0/s1. The molecule has 0 fully saturated rings. The van der Waals surface area contributed by atoms with Gasteiger partial charge in [0.05, 0.1) is 6.61 Å². The van der Waals surface area contributed by atoms with Crippen LogP contribution in [-0.2, 0) is 19.1 Å². The van der Waals surface area contributed by atoms with Crippen LogP contribution >= 0.6 is 0 Å². The second-order valence-electron chi connectivity index (χ2n) is 12.7. The summed E-state index contributed by atoms with van der Waals surface area (Å²) in [5.41, 5.74) is 0. The van der Waals surface area contributed by atoms with Crippen molar-refractivity contribution in [3.05, 3.63) is 48.6 Å². The first-order valence-corrected chi connectivity index (χ1v) is 19.3. The molecule has 0 aromatic heterocycles. The molecule has 0 bridgehead atoms. The lowest BCUT2D eigenvalue weighted by molar-refractivity contribution is -0.161. The van der Waals surface area contributed by atoms with Gasteiger partial charge in [0, 0.05) is 19.4 Å². The van der Waals surface area contributed by atoms with Gasteiger partial charge in [-0.1, -0.05) is 152 Å². The summed E-state index contributed by atoms with van der Waals surface area (Å²) in [6.07, 6.45) is 44.7. The molecular weight excluding hydrogens is 588 g/mol. The van der Waals surface area contributed by atoms with Crippen LogP contribution in [0, 0.1) is 0 Å². The molecule has 2 N–H and O–H groups in total. The van der Waals surface area contributed by atoms with Crippen molar-refractivity contribution in [1.82, 2.24) is 0 Å². The Morgan fingerprint density at radius 1 is 0.511 bits per heavy atom. The van der Waals surface area contributed by atoms with E-state index in [9.17, 15) is 14.7 Å². The summed E-state index contributed by atoms with van der Waals surface area (Å²) < 4.78 is 10.5. The summed E-state index contributed by atoms with van der Waals surface area (Å²) in [7, 11) is 0. The highest BCUT2D eigenvalue weighted by Gasteiger charge is 2.15. The Hall–Kier alpha value is -2.18. The minimum absolute atomic E-state index is 0.0932. The predicted octanol–water partition coefficient (Wildman–Crippen LogP) is 10.8. The van der Waals surface area contributed by atoms with Crippen molar-refractivity contribution < 1.29 is 29.3 Å². The average molecular weight is 661 g/mol. The molecule has 0 saturated carbocycles. The molecule has 272 valence electrons. The summed E-state index contributed by atoms with van der Waals surface area (Å²) in [6, 6.07) is 0. The third kappa shape index (κ3) is 36.5. The van der Waals surface area contributed by atoms with E-state index in [-0.39, 0.29) is 31.6 Å². The van der Waals surface area contributed by atoms with E-state index in [4.69, 9.17) is 14.6 Å². The van der Waals surface area contributed by atoms with Crippen LogP contribution in [0.25, 0.3) is 0 Å². The maximum atomic E-state index is 12.1. The Labute approximate surface area is 289 Å². The van der Waals surface area contributed by atoms with E-state index in [2.05, 4.69) is 55.5 Å². The molecule has 0 rings (SSSR count). The number of rotatable bonds is 35. The molecule has 0 amide bonds. The summed E-state index contributed by atoms with van der Waals surface area (Å²) >= 11 is 0. The molecule has 47 heavy (non-hydrogen) atoms. The fourth-order valence-corrected chi connectivity index (χ4v) is 5.23. The van der Waals surface area contributed by atoms with E-state index in [0.29, 0.717) is 19.4 Å². The van der Waals surface area contributed by atoms with Gasteiger partial charge in [0.25, 0.3) is 0 Å². The van der Waals surface area contributed by atoms with E-state index < -0.39 is 6.10 Å². The smallest absolute Gasteiger partial charge is 0.306 e. The van der Waals surface area contributed by atoms with Gasteiger partial charge in [0.2, 0.25) is 0 Å². The van der Waals surface area contributed by atoms with Gasteiger partial charge in [0.1, 0.15) is 6.61 Å². The molecule has 0 aromatic rings. The monoisotopic (exact) mass is 661 g/mol. The number of ether oxygens (including phenoxy) is 2. The largest absolute Gasteiger partial charge is 0.462 e. The molecule has 0 radical (unpaired) electrons. The quantitative estimate of drug-likeness (QED) is 0.0399. The Bertz CT molecular complexity index is 800. The zero-order valence-corrected chi connectivity index (χ0v) is 30.2. The van der Waals surface area contributed by atoms with Crippen molar-refractivity contribution in [2.75, 3.05) is 19.8 Å². The number of hydrogen-bond donors (Lipinski definition) is 2. The van der Waals surface area contributed by atoms with Crippen molar-refractivity contribution in [2.45, 2.75) is 180 Å². The SMILES string of the molecule is CCCCCCCCCCCCCCCCCC(=O)OC[C@H](CO)OC(=O)CCC/C=C\C/C=C\C/C=C\C/C=C\CCCCCO. The van der Waals surface area contributed by atoms with Gasteiger partial charge in [-0.25, -0.2) is 0 Å². The molecular formula is C41H72O6.